The number of hydrogen-bond donors (Lipinski definition) is 1. The van der Waals surface area contributed by atoms with Gasteiger partial charge >= 0.3 is 5.97 Å². The Kier molecular flexibility index (Phi) is 4.91. The molecule has 2 unspecified atom stereocenters. The molecule has 162 valence electrons. The summed E-state index contributed by atoms with van der Waals surface area (Å²) >= 11 is 0. The van der Waals surface area contributed by atoms with Crippen LogP contribution in [0.1, 0.15) is 66.9 Å². The number of rotatable bonds is 5. The maximum Gasteiger partial charge on any atom is 0.338 e. The summed E-state index contributed by atoms with van der Waals surface area (Å²) < 4.78 is 5.05. The molecule has 4 fully saturated rings. The molecule has 4 saturated carbocycles. The van der Waals surface area contributed by atoms with Gasteiger partial charge in [0.25, 0.3) is 0 Å². The number of nitrogens with one attached hydrogen (secondary N) is 1. The van der Waals surface area contributed by atoms with E-state index in [0.717, 1.165) is 24.9 Å². The number of esters is 1. The van der Waals surface area contributed by atoms with Crippen molar-refractivity contribution in [2.45, 2.75) is 57.8 Å². The Morgan fingerprint density at radius 1 is 0.968 bits per heavy atom. The summed E-state index contributed by atoms with van der Waals surface area (Å²) in [5, 5.41) is 3.18. The highest BCUT2D eigenvalue weighted by atomic mass is 16.5. The van der Waals surface area contributed by atoms with Crippen LogP contribution in [-0.2, 0) is 14.9 Å². The Labute approximate surface area is 184 Å². The standard InChI is InChI=1S/C27H31NO3/c1-3-31-24(29)21-6-10-23(11-7-21)28-25(30)27-15-19-12-20(16-27)14-26(13-19,17-27)22-8-4-18(2)5-9-22/h4-11,19-20H,3,12-17H2,1-2H3,(H,28,30). The molecule has 0 aromatic heterocycles. The van der Waals surface area contributed by atoms with Crippen molar-refractivity contribution in [3.63, 3.8) is 0 Å². The van der Waals surface area contributed by atoms with Gasteiger partial charge in [-0.05, 0) is 99.5 Å². The number of hydrogen-bond acceptors (Lipinski definition) is 3. The van der Waals surface area contributed by atoms with Crippen molar-refractivity contribution in [1.82, 2.24) is 0 Å². The quantitative estimate of drug-likeness (QED) is 0.640. The summed E-state index contributed by atoms with van der Waals surface area (Å²) in [7, 11) is 0. The molecule has 2 atom stereocenters. The van der Waals surface area contributed by atoms with Crippen molar-refractivity contribution in [3.05, 3.63) is 65.2 Å². The molecule has 1 amide bonds. The first-order valence-corrected chi connectivity index (χ1v) is 11.6. The summed E-state index contributed by atoms with van der Waals surface area (Å²) in [6.07, 6.45) is 6.67. The van der Waals surface area contributed by atoms with E-state index in [4.69, 9.17) is 4.74 Å². The highest BCUT2D eigenvalue weighted by Crippen LogP contribution is 2.66. The van der Waals surface area contributed by atoms with Crippen LogP contribution in [0.15, 0.2) is 48.5 Å². The van der Waals surface area contributed by atoms with Crippen LogP contribution in [-0.4, -0.2) is 18.5 Å². The fourth-order valence-electron chi connectivity index (χ4n) is 6.94. The van der Waals surface area contributed by atoms with Crippen LogP contribution < -0.4 is 5.32 Å². The second-order valence-corrected chi connectivity index (χ2v) is 10.1. The van der Waals surface area contributed by atoms with E-state index in [1.165, 1.54) is 30.4 Å². The minimum Gasteiger partial charge on any atom is -0.462 e. The molecule has 0 saturated heterocycles. The van der Waals surface area contributed by atoms with Gasteiger partial charge in [0.2, 0.25) is 5.91 Å². The van der Waals surface area contributed by atoms with Crippen molar-refractivity contribution in [2.24, 2.45) is 17.3 Å². The summed E-state index contributed by atoms with van der Waals surface area (Å²) in [5.74, 6) is 1.10. The second-order valence-electron chi connectivity index (χ2n) is 10.1. The zero-order chi connectivity index (χ0) is 21.6. The molecule has 6 rings (SSSR count). The fourth-order valence-corrected chi connectivity index (χ4v) is 6.94. The van der Waals surface area contributed by atoms with E-state index in [1.807, 2.05) is 0 Å². The van der Waals surface area contributed by atoms with E-state index < -0.39 is 0 Å². The van der Waals surface area contributed by atoms with Crippen molar-refractivity contribution < 1.29 is 14.3 Å². The molecule has 4 aliphatic carbocycles. The van der Waals surface area contributed by atoms with E-state index in [1.54, 1.807) is 31.2 Å². The van der Waals surface area contributed by atoms with Crippen molar-refractivity contribution in [2.75, 3.05) is 11.9 Å². The molecular weight excluding hydrogens is 386 g/mol. The van der Waals surface area contributed by atoms with Gasteiger partial charge in [0.15, 0.2) is 0 Å². The summed E-state index contributed by atoms with van der Waals surface area (Å²) in [4.78, 5) is 25.5. The van der Waals surface area contributed by atoms with Crippen LogP contribution in [0.25, 0.3) is 0 Å². The average molecular weight is 418 g/mol. The first-order chi connectivity index (χ1) is 14.9. The molecule has 0 heterocycles. The average Bonchev–Trinajstić information content (AvgIpc) is 2.74. The Hall–Kier alpha value is -2.62. The maximum absolute atomic E-state index is 13.6. The predicted molar refractivity (Wildman–Crippen MR) is 121 cm³/mol. The minimum atomic E-state index is -0.332. The summed E-state index contributed by atoms with van der Waals surface area (Å²) in [5.41, 5.74) is 3.82. The Balaban J connectivity index is 1.38. The molecule has 4 nitrogen and oxygen atoms in total. The molecule has 2 aromatic rings. The molecule has 0 spiro atoms. The number of aryl methyl sites for hydroxylation is 1. The molecule has 4 heteroatoms. The number of benzene rings is 2. The SMILES string of the molecule is CCOC(=O)c1ccc(NC(=O)C23CC4CC(C2)CC(c2ccc(C)cc2)(C4)C3)cc1. The van der Waals surface area contributed by atoms with Crippen LogP contribution in [0.5, 0.6) is 0 Å². The van der Waals surface area contributed by atoms with Crippen LogP contribution in [0.4, 0.5) is 5.69 Å². The highest BCUT2D eigenvalue weighted by molar-refractivity contribution is 5.96. The monoisotopic (exact) mass is 417 g/mol. The number of anilines is 1. The molecular formula is C27H31NO3. The van der Waals surface area contributed by atoms with Gasteiger partial charge in [-0.2, -0.15) is 0 Å². The Morgan fingerprint density at radius 2 is 1.61 bits per heavy atom. The second kappa shape index (κ2) is 7.51. The van der Waals surface area contributed by atoms with Gasteiger partial charge in [0, 0.05) is 5.69 Å². The van der Waals surface area contributed by atoms with Crippen molar-refractivity contribution in [1.29, 1.82) is 0 Å². The lowest BCUT2D eigenvalue weighted by Crippen LogP contribution is -2.57. The van der Waals surface area contributed by atoms with Crippen molar-refractivity contribution >= 4 is 17.6 Å². The molecule has 0 aliphatic heterocycles. The normalized spacial score (nSPS) is 30.8. The first-order valence-electron chi connectivity index (χ1n) is 11.6. The lowest BCUT2D eigenvalue weighted by atomic mass is 9.42. The number of ether oxygens (including phenoxy) is 1. The molecule has 4 bridgehead atoms. The maximum atomic E-state index is 13.6. The van der Waals surface area contributed by atoms with Crippen molar-refractivity contribution in [3.8, 4) is 0 Å². The molecule has 31 heavy (non-hydrogen) atoms. The van der Waals surface area contributed by atoms with E-state index in [9.17, 15) is 9.59 Å². The van der Waals surface area contributed by atoms with Gasteiger partial charge in [0.05, 0.1) is 17.6 Å². The first kappa shape index (κ1) is 20.3. The van der Waals surface area contributed by atoms with E-state index >= 15 is 0 Å². The van der Waals surface area contributed by atoms with Gasteiger partial charge in [0.1, 0.15) is 0 Å². The molecule has 2 aromatic carbocycles. The fraction of sp³-hybridized carbons (Fsp3) is 0.481. The number of amides is 1. The largest absolute Gasteiger partial charge is 0.462 e. The van der Waals surface area contributed by atoms with E-state index in [-0.39, 0.29) is 22.7 Å². The van der Waals surface area contributed by atoms with Gasteiger partial charge in [-0.25, -0.2) is 4.79 Å². The highest BCUT2D eigenvalue weighted by Gasteiger charge is 2.60. The number of carbonyl (C=O) groups excluding carboxylic acids is 2. The van der Waals surface area contributed by atoms with Crippen LogP contribution in [0.2, 0.25) is 0 Å². The predicted octanol–water partition coefficient (Wildman–Crippen LogP) is 5.65. The van der Waals surface area contributed by atoms with Gasteiger partial charge in [-0.1, -0.05) is 29.8 Å². The van der Waals surface area contributed by atoms with Gasteiger partial charge in [-0.15, -0.1) is 0 Å². The third kappa shape index (κ3) is 3.56. The lowest BCUT2D eigenvalue weighted by Gasteiger charge is -2.61. The third-order valence-corrected chi connectivity index (χ3v) is 7.86. The molecule has 4 aliphatic rings. The molecule has 0 radical (unpaired) electrons. The van der Waals surface area contributed by atoms with E-state index in [0.29, 0.717) is 24.0 Å². The summed E-state index contributed by atoms with van der Waals surface area (Å²) in [6, 6.07) is 16.1. The zero-order valence-electron chi connectivity index (χ0n) is 18.4. The smallest absolute Gasteiger partial charge is 0.338 e. The summed E-state index contributed by atoms with van der Waals surface area (Å²) in [6.45, 7) is 4.28. The van der Waals surface area contributed by atoms with Gasteiger partial charge < -0.3 is 10.1 Å². The lowest BCUT2D eigenvalue weighted by molar-refractivity contribution is -0.143. The van der Waals surface area contributed by atoms with Crippen LogP contribution >= 0.6 is 0 Å². The van der Waals surface area contributed by atoms with E-state index in [2.05, 4.69) is 36.5 Å². The third-order valence-electron chi connectivity index (χ3n) is 7.86. The molecule has 1 N–H and O–H groups in total. The number of carbonyl (C=O) groups is 2. The Morgan fingerprint density at radius 3 is 2.23 bits per heavy atom. The van der Waals surface area contributed by atoms with Crippen LogP contribution in [0, 0.1) is 24.2 Å². The zero-order valence-corrected chi connectivity index (χ0v) is 18.4. The van der Waals surface area contributed by atoms with Gasteiger partial charge in [-0.3, -0.25) is 4.79 Å². The van der Waals surface area contributed by atoms with Crippen LogP contribution in [0.3, 0.4) is 0 Å². The minimum absolute atomic E-state index is 0.142. The Bertz CT molecular complexity index is 978. The topological polar surface area (TPSA) is 55.4 Å².